The van der Waals surface area contributed by atoms with Crippen LogP contribution in [0.25, 0.3) is 0 Å². The van der Waals surface area contributed by atoms with E-state index >= 15 is 0 Å². The number of rotatable bonds is 7. The van der Waals surface area contributed by atoms with Crippen molar-refractivity contribution in [1.82, 2.24) is 0 Å². The van der Waals surface area contributed by atoms with Gasteiger partial charge in [0, 0.05) is 5.92 Å². The topological polar surface area (TPSA) is 69.7 Å². The molecule has 0 aliphatic heterocycles. The summed E-state index contributed by atoms with van der Waals surface area (Å²) >= 11 is 0. The fourth-order valence-corrected chi connectivity index (χ4v) is 1.38. The zero-order valence-electron chi connectivity index (χ0n) is 10.8. The molecule has 0 aliphatic rings. The van der Waals surface area contributed by atoms with E-state index in [9.17, 15) is 14.4 Å². The van der Waals surface area contributed by atoms with Crippen molar-refractivity contribution in [2.45, 2.75) is 34.1 Å². The highest BCUT2D eigenvalue weighted by Crippen LogP contribution is 2.18. The van der Waals surface area contributed by atoms with Gasteiger partial charge < -0.3 is 9.47 Å². The van der Waals surface area contributed by atoms with Crippen molar-refractivity contribution in [2.24, 2.45) is 11.8 Å². The Morgan fingerprint density at radius 1 is 1.00 bits per heavy atom. The third-order valence-electron chi connectivity index (χ3n) is 2.31. The summed E-state index contributed by atoms with van der Waals surface area (Å²) in [7, 11) is 0. The van der Waals surface area contributed by atoms with Crippen molar-refractivity contribution in [3.63, 3.8) is 0 Å². The Labute approximate surface area is 101 Å². The van der Waals surface area contributed by atoms with Crippen LogP contribution in [0.1, 0.15) is 34.1 Å². The Balaban J connectivity index is 4.57. The van der Waals surface area contributed by atoms with Crippen molar-refractivity contribution in [1.29, 1.82) is 0 Å². The maximum atomic E-state index is 11.7. The van der Waals surface area contributed by atoms with Crippen molar-refractivity contribution in [3.8, 4) is 0 Å². The van der Waals surface area contributed by atoms with Gasteiger partial charge in [-0.2, -0.15) is 0 Å². The number of Topliss-reactive ketones (excluding diaryl/α,β-unsaturated/α-hetero) is 1. The molecule has 0 rings (SSSR count). The van der Waals surface area contributed by atoms with Crippen LogP contribution in [-0.2, 0) is 23.9 Å². The van der Waals surface area contributed by atoms with Gasteiger partial charge in [-0.1, -0.05) is 13.8 Å². The fourth-order valence-electron chi connectivity index (χ4n) is 1.38. The second-order valence-corrected chi connectivity index (χ2v) is 3.94. The molecule has 5 heteroatoms. The van der Waals surface area contributed by atoms with Gasteiger partial charge in [0.05, 0.1) is 19.6 Å². The molecular weight excluding hydrogens is 224 g/mol. The minimum atomic E-state index is -0.879. The van der Waals surface area contributed by atoms with Crippen molar-refractivity contribution in [2.75, 3.05) is 13.2 Å². The first-order valence-corrected chi connectivity index (χ1v) is 5.80. The van der Waals surface area contributed by atoms with Gasteiger partial charge in [-0.25, -0.2) is 4.79 Å². The average molecular weight is 244 g/mol. The van der Waals surface area contributed by atoms with Gasteiger partial charge in [0.2, 0.25) is 5.78 Å². The zero-order chi connectivity index (χ0) is 13.4. The molecule has 0 aromatic rings. The van der Waals surface area contributed by atoms with Crippen molar-refractivity contribution >= 4 is 17.7 Å². The molecule has 0 aromatic heterocycles. The first-order valence-electron chi connectivity index (χ1n) is 5.80. The molecule has 0 spiro atoms. The Kier molecular flexibility index (Phi) is 7.18. The van der Waals surface area contributed by atoms with Crippen molar-refractivity contribution < 1.29 is 23.9 Å². The first-order chi connectivity index (χ1) is 7.93. The second-order valence-electron chi connectivity index (χ2n) is 3.94. The molecular formula is C12H20O5. The molecule has 0 N–H and O–H groups in total. The van der Waals surface area contributed by atoms with Crippen LogP contribution in [0.4, 0.5) is 0 Å². The molecule has 0 radical (unpaired) electrons. The summed E-state index contributed by atoms with van der Waals surface area (Å²) in [6.07, 6.45) is -0.0802. The molecule has 17 heavy (non-hydrogen) atoms. The Morgan fingerprint density at radius 3 is 1.94 bits per heavy atom. The minimum absolute atomic E-state index is 0.0802. The molecule has 0 amide bonds. The molecule has 0 saturated heterocycles. The molecule has 98 valence electrons. The van der Waals surface area contributed by atoms with Gasteiger partial charge in [-0.3, -0.25) is 9.59 Å². The maximum Gasteiger partial charge on any atom is 0.374 e. The molecule has 0 unspecified atom stereocenters. The third kappa shape index (κ3) is 5.47. The van der Waals surface area contributed by atoms with Crippen LogP contribution < -0.4 is 0 Å². The van der Waals surface area contributed by atoms with E-state index in [0.29, 0.717) is 0 Å². The monoisotopic (exact) mass is 244 g/mol. The number of ketones is 1. The van der Waals surface area contributed by atoms with Crippen molar-refractivity contribution in [3.05, 3.63) is 0 Å². The number of carbonyl (C=O) groups excluding carboxylic acids is 3. The van der Waals surface area contributed by atoms with Gasteiger partial charge >= 0.3 is 11.9 Å². The SMILES string of the molecule is CCOC(=O)C[C@@H](C(=O)C(=O)OCC)C(C)C. The van der Waals surface area contributed by atoms with Crippen LogP contribution in [0.15, 0.2) is 0 Å². The lowest BCUT2D eigenvalue weighted by Gasteiger charge is -2.17. The van der Waals surface area contributed by atoms with E-state index in [1.54, 1.807) is 27.7 Å². The van der Waals surface area contributed by atoms with E-state index in [1.807, 2.05) is 0 Å². The van der Waals surface area contributed by atoms with E-state index in [1.165, 1.54) is 0 Å². The summed E-state index contributed by atoms with van der Waals surface area (Å²) < 4.78 is 9.40. The highest BCUT2D eigenvalue weighted by atomic mass is 16.5. The lowest BCUT2D eigenvalue weighted by Crippen LogP contribution is -2.31. The van der Waals surface area contributed by atoms with Gasteiger partial charge in [-0.15, -0.1) is 0 Å². The van der Waals surface area contributed by atoms with E-state index in [-0.39, 0.29) is 25.6 Å². The molecule has 0 heterocycles. The molecule has 1 atom stereocenters. The summed E-state index contributed by atoms with van der Waals surface area (Å²) in [5.41, 5.74) is 0. The average Bonchev–Trinajstić information content (AvgIpc) is 2.25. The Bertz CT molecular complexity index is 283. The summed E-state index contributed by atoms with van der Waals surface area (Å²) in [6, 6.07) is 0. The van der Waals surface area contributed by atoms with Crippen LogP contribution in [0.2, 0.25) is 0 Å². The van der Waals surface area contributed by atoms with E-state index in [4.69, 9.17) is 4.74 Å². The Morgan fingerprint density at radius 2 is 1.53 bits per heavy atom. The molecule has 0 saturated carbocycles. The lowest BCUT2D eigenvalue weighted by molar-refractivity contribution is -0.157. The summed E-state index contributed by atoms with van der Waals surface area (Å²) in [5, 5.41) is 0. The highest BCUT2D eigenvalue weighted by molar-refractivity contribution is 6.34. The number of esters is 2. The van der Waals surface area contributed by atoms with Crippen LogP contribution in [0.5, 0.6) is 0 Å². The third-order valence-corrected chi connectivity index (χ3v) is 2.31. The predicted molar refractivity (Wildman–Crippen MR) is 61.2 cm³/mol. The second kappa shape index (κ2) is 7.81. The molecule has 5 nitrogen and oxygen atoms in total. The number of hydrogen-bond donors (Lipinski definition) is 0. The summed E-state index contributed by atoms with van der Waals surface area (Å²) in [5.74, 6) is -2.79. The van der Waals surface area contributed by atoms with Crippen LogP contribution in [-0.4, -0.2) is 30.9 Å². The number of ether oxygens (including phenoxy) is 2. The lowest BCUT2D eigenvalue weighted by atomic mass is 9.88. The van der Waals surface area contributed by atoms with Gasteiger partial charge in [-0.05, 0) is 19.8 Å². The first kappa shape index (κ1) is 15.6. The molecule has 0 aromatic carbocycles. The fraction of sp³-hybridized carbons (Fsp3) is 0.750. The summed E-state index contributed by atoms with van der Waals surface area (Å²) in [6.45, 7) is 7.28. The van der Waals surface area contributed by atoms with Crippen LogP contribution in [0.3, 0.4) is 0 Å². The maximum absolute atomic E-state index is 11.7. The van der Waals surface area contributed by atoms with Crippen LogP contribution >= 0.6 is 0 Å². The summed E-state index contributed by atoms with van der Waals surface area (Å²) in [4.78, 5) is 34.4. The quantitative estimate of drug-likeness (QED) is 0.499. The minimum Gasteiger partial charge on any atom is -0.466 e. The normalized spacial score (nSPS) is 12.1. The number of hydrogen-bond acceptors (Lipinski definition) is 5. The standard InChI is InChI=1S/C12H20O5/c1-5-16-10(13)7-9(8(3)4)11(14)12(15)17-6-2/h8-9H,5-7H2,1-4H3/t9-/m1/s1. The van der Waals surface area contributed by atoms with Gasteiger partial charge in [0.15, 0.2) is 0 Å². The molecule has 0 fully saturated rings. The molecule has 0 bridgehead atoms. The van der Waals surface area contributed by atoms with Crippen LogP contribution in [0, 0.1) is 11.8 Å². The van der Waals surface area contributed by atoms with E-state index < -0.39 is 23.6 Å². The Hall–Kier alpha value is -1.39. The molecule has 0 aliphatic carbocycles. The zero-order valence-corrected chi connectivity index (χ0v) is 10.8. The predicted octanol–water partition coefficient (Wildman–Crippen LogP) is 1.34. The van der Waals surface area contributed by atoms with E-state index in [2.05, 4.69) is 4.74 Å². The highest BCUT2D eigenvalue weighted by Gasteiger charge is 2.31. The number of carbonyl (C=O) groups is 3. The van der Waals surface area contributed by atoms with Gasteiger partial charge in [0.25, 0.3) is 0 Å². The smallest absolute Gasteiger partial charge is 0.374 e. The van der Waals surface area contributed by atoms with E-state index in [0.717, 1.165) is 0 Å². The largest absolute Gasteiger partial charge is 0.466 e. The van der Waals surface area contributed by atoms with Gasteiger partial charge in [0.1, 0.15) is 0 Å².